The summed E-state index contributed by atoms with van der Waals surface area (Å²) in [7, 11) is 0. The normalized spacial score (nSPS) is 12.8. The van der Waals surface area contributed by atoms with E-state index in [1.54, 1.807) is 0 Å². The maximum Gasteiger partial charge on any atom is 0.242 e. The lowest BCUT2D eigenvalue weighted by Crippen LogP contribution is -2.54. The zero-order valence-electron chi connectivity index (χ0n) is 14.5. The van der Waals surface area contributed by atoms with Crippen LogP contribution in [-0.4, -0.2) is 77.4 Å². The van der Waals surface area contributed by atoms with Crippen LogP contribution in [0.25, 0.3) is 0 Å². The largest absolute Gasteiger partial charge is 0.391 e. The van der Waals surface area contributed by atoms with Crippen LogP contribution in [0.4, 0.5) is 0 Å². The number of nitrogens with two attached hydrogens (primary N) is 1. The number of hydrogen-bond acceptors (Lipinski definition) is 5. The fourth-order valence-electron chi connectivity index (χ4n) is 2.11. The molecule has 0 aliphatic carbocycles. The number of carbonyl (C=O) groups excluding carboxylic acids is 4. The standard InChI is InChI=1S/C15H28N4O5/c1-4-6-18(10-20)9-13(23)19(7-5-2)8-12(22)17-14(11(3)21)15(16)24/h10-11,14,21H,4-9H2,1-3H3,(H2,16,24)(H,17,22). The lowest BCUT2D eigenvalue weighted by molar-refractivity contribution is -0.139. The summed E-state index contributed by atoms with van der Waals surface area (Å²) in [5.41, 5.74) is 5.11. The molecule has 9 heteroatoms. The fraction of sp³-hybridized carbons (Fsp3) is 0.733. The molecule has 0 saturated carbocycles. The number of aliphatic hydroxyl groups is 1. The van der Waals surface area contributed by atoms with Crippen LogP contribution in [0.3, 0.4) is 0 Å². The second-order valence-electron chi connectivity index (χ2n) is 5.58. The number of carbonyl (C=O) groups is 4. The van der Waals surface area contributed by atoms with E-state index in [2.05, 4.69) is 5.32 Å². The van der Waals surface area contributed by atoms with Gasteiger partial charge in [0.05, 0.1) is 19.2 Å². The first kappa shape index (κ1) is 21.8. The van der Waals surface area contributed by atoms with Gasteiger partial charge in [-0.15, -0.1) is 0 Å². The molecule has 0 rings (SSSR count). The molecule has 0 radical (unpaired) electrons. The van der Waals surface area contributed by atoms with Crippen molar-refractivity contribution in [2.75, 3.05) is 26.2 Å². The van der Waals surface area contributed by atoms with E-state index in [1.807, 2.05) is 13.8 Å². The summed E-state index contributed by atoms with van der Waals surface area (Å²) in [5, 5.41) is 11.8. The van der Waals surface area contributed by atoms with Gasteiger partial charge in [-0.05, 0) is 19.8 Å². The fourth-order valence-corrected chi connectivity index (χ4v) is 2.11. The van der Waals surface area contributed by atoms with E-state index in [0.717, 1.165) is 6.42 Å². The molecule has 0 aliphatic rings. The quantitative estimate of drug-likeness (QED) is 0.368. The molecule has 138 valence electrons. The number of rotatable bonds is 12. The molecule has 4 amide bonds. The van der Waals surface area contributed by atoms with Crippen LogP contribution in [-0.2, 0) is 19.2 Å². The minimum atomic E-state index is -1.22. The molecular weight excluding hydrogens is 316 g/mol. The van der Waals surface area contributed by atoms with Gasteiger partial charge >= 0.3 is 0 Å². The summed E-state index contributed by atoms with van der Waals surface area (Å²) in [4.78, 5) is 49.1. The first-order valence-corrected chi connectivity index (χ1v) is 8.00. The van der Waals surface area contributed by atoms with Gasteiger partial charge in [0.25, 0.3) is 0 Å². The number of aliphatic hydroxyl groups excluding tert-OH is 1. The van der Waals surface area contributed by atoms with Gasteiger partial charge in [-0.3, -0.25) is 19.2 Å². The predicted molar refractivity (Wildman–Crippen MR) is 87.6 cm³/mol. The molecule has 2 atom stereocenters. The molecule has 4 N–H and O–H groups in total. The summed E-state index contributed by atoms with van der Waals surface area (Å²) in [6.45, 7) is 5.47. The topological polar surface area (TPSA) is 133 Å². The van der Waals surface area contributed by atoms with Crippen molar-refractivity contribution in [2.45, 2.75) is 45.8 Å². The first-order valence-electron chi connectivity index (χ1n) is 8.00. The first-order chi connectivity index (χ1) is 11.3. The van der Waals surface area contributed by atoms with E-state index in [-0.39, 0.29) is 19.0 Å². The van der Waals surface area contributed by atoms with Crippen LogP contribution < -0.4 is 11.1 Å². The van der Waals surface area contributed by atoms with E-state index < -0.39 is 24.0 Å². The van der Waals surface area contributed by atoms with Crippen LogP contribution in [0.15, 0.2) is 0 Å². The van der Waals surface area contributed by atoms with Crippen molar-refractivity contribution < 1.29 is 24.3 Å². The highest BCUT2D eigenvalue weighted by molar-refractivity contribution is 5.90. The average molecular weight is 344 g/mol. The number of hydrogen-bond donors (Lipinski definition) is 3. The van der Waals surface area contributed by atoms with Gasteiger partial charge < -0.3 is 26.0 Å². The Bertz CT molecular complexity index is 442. The maximum atomic E-state index is 12.3. The zero-order valence-corrected chi connectivity index (χ0v) is 14.5. The van der Waals surface area contributed by atoms with Crippen LogP contribution in [0.1, 0.15) is 33.6 Å². The molecule has 0 heterocycles. The third kappa shape index (κ3) is 7.91. The van der Waals surface area contributed by atoms with Crippen molar-refractivity contribution in [3.05, 3.63) is 0 Å². The summed E-state index contributed by atoms with van der Waals surface area (Å²) in [6, 6.07) is -1.22. The molecule has 0 aliphatic heterocycles. The molecule has 0 saturated heterocycles. The van der Waals surface area contributed by atoms with Gasteiger partial charge in [0.2, 0.25) is 24.1 Å². The molecule has 24 heavy (non-hydrogen) atoms. The summed E-state index contributed by atoms with van der Waals surface area (Å²) >= 11 is 0. The van der Waals surface area contributed by atoms with Gasteiger partial charge in [-0.25, -0.2) is 0 Å². The summed E-state index contributed by atoms with van der Waals surface area (Å²) < 4.78 is 0. The van der Waals surface area contributed by atoms with Crippen LogP contribution in [0.5, 0.6) is 0 Å². The van der Waals surface area contributed by atoms with E-state index in [9.17, 15) is 24.3 Å². The highest BCUT2D eigenvalue weighted by Gasteiger charge is 2.25. The van der Waals surface area contributed by atoms with E-state index in [1.165, 1.54) is 16.7 Å². The lowest BCUT2D eigenvalue weighted by atomic mass is 10.1. The third-order valence-corrected chi connectivity index (χ3v) is 3.28. The highest BCUT2D eigenvalue weighted by atomic mass is 16.3. The molecule has 0 aromatic carbocycles. The van der Waals surface area contributed by atoms with Crippen molar-refractivity contribution in [1.29, 1.82) is 0 Å². The number of nitrogens with zero attached hydrogens (tertiary/aromatic N) is 2. The summed E-state index contributed by atoms with van der Waals surface area (Å²) in [5.74, 6) is -1.82. The molecule has 0 aromatic heterocycles. The van der Waals surface area contributed by atoms with Crippen molar-refractivity contribution in [3.8, 4) is 0 Å². The molecule has 0 bridgehead atoms. The van der Waals surface area contributed by atoms with Crippen molar-refractivity contribution >= 4 is 24.1 Å². The minimum absolute atomic E-state index is 0.111. The van der Waals surface area contributed by atoms with Crippen LogP contribution in [0, 0.1) is 0 Å². The smallest absolute Gasteiger partial charge is 0.242 e. The third-order valence-electron chi connectivity index (χ3n) is 3.28. The highest BCUT2D eigenvalue weighted by Crippen LogP contribution is 1.98. The zero-order chi connectivity index (χ0) is 18.7. The van der Waals surface area contributed by atoms with Gasteiger partial charge in [-0.1, -0.05) is 13.8 Å². The molecular formula is C15H28N4O5. The monoisotopic (exact) mass is 344 g/mol. The van der Waals surface area contributed by atoms with Crippen molar-refractivity contribution in [2.24, 2.45) is 5.73 Å². The second kappa shape index (κ2) is 11.4. The molecule has 9 nitrogen and oxygen atoms in total. The Morgan fingerprint density at radius 1 is 1.17 bits per heavy atom. The molecule has 2 unspecified atom stereocenters. The second-order valence-corrected chi connectivity index (χ2v) is 5.58. The van der Waals surface area contributed by atoms with Gasteiger partial charge in [0.15, 0.2) is 0 Å². The Balaban J connectivity index is 4.81. The molecule has 0 aromatic rings. The van der Waals surface area contributed by atoms with Crippen molar-refractivity contribution in [1.82, 2.24) is 15.1 Å². The Morgan fingerprint density at radius 3 is 2.17 bits per heavy atom. The minimum Gasteiger partial charge on any atom is -0.391 e. The van der Waals surface area contributed by atoms with E-state index in [0.29, 0.717) is 25.9 Å². The number of nitrogens with one attached hydrogen (secondary N) is 1. The van der Waals surface area contributed by atoms with Gasteiger partial charge in [0, 0.05) is 13.1 Å². The molecule has 0 spiro atoms. The average Bonchev–Trinajstić information content (AvgIpc) is 2.50. The van der Waals surface area contributed by atoms with Crippen LogP contribution >= 0.6 is 0 Å². The summed E-state index contributed by atoms with van der Waals surface area (Å²) in [6.07, 6.45) is 0.803. The SMILES string of the molecule is CCCN(C=O)CC(=O)N(CCC)CC(=O)NC(C(N)=O)C(C)O. The molecule has 0 fully saturated rings. The number of amides is 4. The van der Waals surface area contributed by atoms with Gasteiger partial charge in [-0.2, -0.15) is 0 Å². The predicted octanol–water partition coefficient (Wildman–Crippen LogP) is -1.56. The van der Waals surface area contributed by atoms with Crippen molar-refractivity contribution in [3.63, 3.8) is 0 Å². The maximum absolute atomic E-state index is 12.3. The Labute approximate surface area is 142 Å². The Morgan fingerprint density at radius 2 is 1.75 bits per heavy atom. The van der Waals surface area contributed by atoms with E-state index in [4.69, 9.17) is 5.73 Å². The Kier molecular flexibility index (Phi) is 10.4. The Hall–Kier alpha value is -2.16. The van der Waals surface area contributed by atoms with Crippen LogP contribution in [0.2, 0.25) is 0 Å². The lowest BCUT2D eigenvalue weighted by Gasteiger charge is -2.26. The number of primary amides is 1. The van der Waals surface area contributed by atoms with E-state index >= 15 is 0 Å². The van der Waals surface area contributed by atoms with Gasteiger partial charge in [0.1, 0.15) is 6.04 Å².